The van der Waals surface area contributed by atoms with Gasteiger partial charge in [0.2, 0.25) is 5.39 Å². The van der Waals surface area contributed by atoms with Gasteiger partial charge in [-0.1, -0.05) is 12.1 Å². The van der Waals surface area contributed by atoms with Crippen LogP contribution in [0.1, 0.15) is 5.56 Å². The molecule has 0 heterocycles. The lowest BCUT2D eigenvalue weighted by Crippen LogP contribution is -2.23. The predicted octanol–water partition coefficient (Wildman–Crippen LogP) is 4.31. The normalized spacial score (nSPS) is 9.83. The lowest BCUT2D eigenvalue weighted by Gasteiger charge is -2.09. The van der Waals surface area contributed by atoms with Crippen LogP contribution in [0.5, 0.6) is 11.5 Å². The van der Waals surface area contributed by atoms with Gasteiger partial charge in [-0.3, -0.25) is 0 Å². The van der Waals surface area contributed by atoms with E-state index in [4.69, 9.17) is 30.7 Å². The molecule has 0 radical (unpaired) electrons. The Balaban J connectivity index is 2.15. The summed E-state index contributed by atoms with van der Waals surface area (Å²) in [6, 6.07) is 11.7. The minimum absolute atomic E-state index is 0.111. The summed E-state index contributed by atoms with van der Waals surface area (Å²) in [5.41, 5.74) is 1.50. The molecule has 0 aliphatic rings. The monoisotopic (exact) mass is 324 g/mol. The fourth-order valence-corrected chi connectivity index (χ4v) is 1.95. The Morgan fingerprint density at radius 2 is 1.71 bits per heavy atom. The van der Waals surface area contributed by atoms with Gasteiger partial charge in [0.25, 0.3) is 0 Å². The zero-order chi connectivity index (χ0) is 17.4. The first kappa shape index (κ1) is 17.4. The van der Waals surface area contributed by atoms with Gasteiger partial charge in [0.1, 0.15) is 11.5 Å². The van der Waals surface area contributed by atoms with E-state index in [0.717, 1.165) is 0 Å². The fraction of sp³-hybridized carbons (Fsp3) is 0.188. The molecule has 0 saturated heterocycles. The summed E-state index contributed by atoms with van der Waals surface area (Å²) in [6.45, 7) is 7.05. The molecule has 0 unspecified atom stereocenters. The third-order valence-corrected chi connectivity index (χ3v) is 3.12. The van der Waals surface area contributed by atoms with Crippen molar-refractivity contribution in [3.8, 4) is 11.5 Å². The maximum atomic E-state index is 9.07. The third kappa shape index (κ3) is 4.54. The van der Waals surface area contributed by atoms with Crippen LogP contribution in [-0.2, 0) is 20.6 Å². The van der Waals surface area contributed by atoms with Crippen molar-refractivity contribution < 1.29 is 18.7 Å². The van der Waals surface area contributed by atoms with E-state index in [1.54, 1.807) is 42.5 Å². The minimum Gasteiger partial charge on any atom is -0.457 e. The highest BCUT2D eigenvalue weighted by Gasteiger charge is 2.21. The first-order valence-electron chi connectivity index (χ1n) is 7.00. The molecule has 0 saturated carbocycles. The number of benzene rings is 2. The van der Waals surface area contributed by atoms with Gasteiger partial charge in [-0.2, -0.15) is 0 Å². The second-order valence-corrected chi connectivity index (χ2v) is 4.67. The molecular weight excluding hydrogens is 309 g/mol. The van der Waals surface area contributed by atoms with E-state index < -0.39 is 7.32 Å². The molecule has 7 nitrogen and oxygen atoms in total. The molecule has 0 aliphatic carbocycles. The Morgan fingerprint density at radius 1 is 1.04 bits per heavy atom. The first-order chi connectivity index (χ1) is 11.7. The zero-order valence-corrected chi connectivity index (χ0v) is 13.3. The van der Waals surface area contributed by atoms with Crippen LogP contribution in [-0.4, -0.2) is 21.5 Å². The number of ether oxygens (including phenoxy) is 1. The van der Waals surface area contributed by atoms with Crippen molar-refractivity contribution in [1.29, 1.82) is 5.39 Å². The van der Waals surface area contributed by atoms with Crippen molar-refractivity contribution in [2.45, 2.75) is 6.61 Å². The number of diazo groups is 1. The molecule has 8 heteroatoms. The molecule has 0 aliphatic heterocycles. The number of nitrogens with zero attached hydrogens (tertiary/aromatic N) is 3. The van der Waals surface area contributed by atoms with Crippen LogP contribution < -0.4 is 4.74 Å². The van der Waals surface area contributed by atoms with Crippen molar-refractivity contribution in [2.24, 2.45) is 0 Å². The highest BCUT2D eigenvalue weighted by Crippen LogP contribution is 2.29. The standard InChI is InChI=1S/C16H15BN3O4/c1-19-13-4-6-14(7-5-13)24-15-8-9-16(20-18)12(10-15)11-23-17(21-2)22-3/h4-10H,11H2,2-3H3/q+1. The van der Waals surface area contributed by atoms with Gasteiger partial charge in [-0.05, 0) is 24.3 Å². The Kier molecular flexibility index (Phi) is 6.29. The number of rotatable bonds is 7. The SMILES string of the molecule is [C-]#[N+]c1ccc(Oc2ccc([N+]#N)c(COB(OC)OC)c2)cc1. The highest BCUT2D eigenvalue weighted by atomic mass is 16.7. The molecular formula is C16H15BN3O4+. The summed E-state index contributed by atoms with van der Waals surface area (Å²) >= 11 is 0. The Labute approximate surface area is 140 Å². The Bertz CT molecular complexity index is 764. The van der Waals surface area contributed by atoms with Crippen LogP contribution in [0.2, 0.25) is 0 Å². The van der Waals surface area contributed by atoms with Crippen molar-refractivity contribution in [3.05, 3.63) is 64.4 Å². The number of hydrogen-bond acceptors (Lipinski definition) is 5. The molecule has 0 N–H and O–H groups in total. The summed E-state index contributed by atoms with van der Waals surface area (Å²) in [5.74, 6) is 1.14. The number of hydrogen-bond donors (Lipinski definition) is 0. The molecule has 0 atom stereocenters. The average molecular weight is 324 g/mol. The molecule has 0 amide bonds. The summed E-state index contributed by atoms with van der Waals surface area (Å²) in [4.78, 5) is 6.55. The summed E-state index contributed by atoms with van der Waals surface area (Å²) in [7, 11) is 2.10. The van der Waals surface area contributed by atoms with Gasteiger partial charge in [-0.15, -0.1) is 0 Å². The second kappa shape index (κ2) is 8.66. The quantitative estimate of drug-likeness (QED) is 0.431. The van der Waals surface area contributed by atoms with Crippen LogP contribution in [0, 0.1) is 12.0 Å². The molecule has 2 aromatic carbocycles. The molecule has 2 aromatic rings. The van der Waals surface area contributed by atoms with E-state index in [2.05, 4.69) is 9.82 Å². The van der Waals surface area contributed by atoms with Gasteiger partial charge >= 0.3 is 13.0 Å². The first-order valence-corrected chi connectivity index (χ1v) is 7.00. The molecule has 24 heavy (non-hydrogen) atoms. The van der Waals surface area contributed by atoms with E-state index in [-0.39, 0.29) is 6.61 Å². The van der Waals surface area contributed by atoms with E-state index in [1.807, 2.05) is 0 Å². The lowest BCUT2D eigenvalue weighted by molar-refractivity contribution is 0.128. The molecule has 0 aromatic heterocycles. The van der Waals surface area contributed by atoms with Crippen molar-refractivity contribution in [1.82, 2.24) is 0 Å². The van der Waals surface area contributed by atoms with Crippen molar-refractivity contribution in [2.75, 3.05) is 14.2 Å². The molecule has 120 valence electrons. The maximum Gasteiger partial charge on any atom is 0.639 e. The lowest BCUT2D eigenvalue weighted by atomic mass is 10.1. The Hall–Kier alpha value is -2.91. The third-order valence-electron chi connectivity index (χ3n) is 3.12. The second-order valence-electron chi connectivity index (χ2n) is 4.67. The largest absolute Gasteiger partial charge is 0.639 e. The van der Waals surface area contributed by atoms with Gasteiger partial charge < -0.3 is 18.7 Å². The molecule has 2 rings (SSSR count). The van der Waals surface area contributed by atoms with Gasteiger partial charge in [-0.25, -0.2) is 4.85 Å². The van der Waals surface area contributed by atoms with E-state index in [0.29, 0.717) is 28.4 Å². The fourth-order valence-electron chi connectivity index (χ4n) is 1.95. The van der Waals surface area contributed by atoms with Crippen molar-refractivity contribution in [3.63, 3.8) is 0 Å². The smallest absolute Gasteiger partial charge is 0.457 e. The van der Waals surface area contributed by atoms with Crippen LogP contribution in [0.25, 0.3) is 9.82 Å². The van der Waals surface area contributed by atoms with Crippen LogP contribution in [0.15, 0.2) is 42.5 Å². The highest BCUT2D eigenvalue weighted by molar-refractivity contribution is 6.36. The topological polar surface area (TPSA) is 69.4 Å². The van der Waals surface area contributed by atoms with E-state index >= 15 is 0 Å². The van der Waals surface area contributed by atoms with Gasteiger partial charge in [0, 0.05) is 20.3 Å². The van der Waals surface area contributed by atoms with Crippen LogP contribution in [0.3, 0.4) is 0 Å². The molecule has 0 bridgehead atoms. The Morgan fingerprint density at radius 3 is 2.29 bits per heavy atom. The van der Waals surface area contributed by atoms with Gasteiger partial charge in [0.05, 0.1) is 18.7 Å². The summed E-state index contributed by atoms with van der Waals surface area (Å²) in [5, 5.41) is 9.07. The van der Waals surface area contributed by atoms with Gasteiger partial charge in [0.15, 0.2) is 10.7 Å². The molecule has 0 spiro atoms. The average Bonchev–Trinajstić information content (AvgIpc) is 2.63. The van der Waals surface area contributed by atoms with Crippen LogP contribution in [0.4, 0.5) is 11.4 Å². The predicted molar refractivity (Wildman–Crippen MR) is 88.5 cm³/mol. The summed E-state index contributed by atoms with van der Waals surface area (Å²) < 4.78 is 21.0. The van der Waals surface area contributed by atoms with Crippen LogP contribution >= 0.6 is 0 Å². The maximum absolute atomic E-state index is 9.07. The van der Waals surface area contributed by atoms with E-state index in [9.17, 15) is 0 Å². The zero-order valence-electron chi connectivity index (χ0n) is 13.3. The van der Waals surface area contributed by atoms with Crippen molar-refractivity contribution >= 4 is 18.7 Å². The summed E-state index contributed by atoms with van der Waals surface area (Å²) in [6.07, 6.45) is 0. The van der Waals surface area contributed by atoms with E-state index in [1.165, 1.54) is 14.2 Å². The minimum atomic E-state index is -0.817. The molecule has 0 fully saturated rings.